The smallest absolute Gasteiger partial charge is 0.256 e. The Labute approximate surface area is 156 Å². The molecule has 0 aliphatic rings. The quantitative estimate of drug-likeness (QED) is 0.745. The number of rotatable bonds is 8. The number of amides is 1. The molecule has 1 heterocycles. The van der Waals surface area contributed by atoms with Crippen LogP contribution in [0.15, 0.2) is 30.5 Å². The summed E-state index contributed by atoms with van der Waals surface area (Å²) in [6.07, 6.45) is 2.37. The average Bonchev–Trinajstić information content (AvgIpc) is 2.60. The fourth-order valence-electron chi connectivity index (χ4n) is 2.93. The molecule has 5 heteroatoms. The van der Waals surface area contributed by atoms with Gasteiger partial charge in [-0.05, 0) is 49.4 Å². The van der Waals surface area contributed by atoms with Crippen molar-refractivity contribution in [2.45, 2.75) is 46.6 Å². The maximum Gasteiger partial charge on any atom is 0.256 e. The van der Waals surface area contributed by atoms with Crippen LogP contribution in [0.25, 0.3) is 10.9 Å². The van der Waals surface area contributed by atoms with Crippen molar-refractivity contribution < 1.29 is 14.3 Å². The number of nitrogens with zero attached hydrogens (tertiary/aromatic N) is 1. The topological polar surface area (TPSA) is 60.5 Å². The summed E-state index contributed by atoms with van der Waals surface area (Å²) in [5.74, 6) is 1.33. The van der Waals surface area contributed by atoms with Gasteiger partial charge in [0.05, 0.1) is 12.3 Å². The van der Waals surface area contributed by atoms with Gasteiger partial charge >= 0.3 is 0 Å². The highest BCUT2D eigenvalue weighted by Crippen LogP contribution is 2.31. The number of methoxy groups -OCH3 is 1. The average molecular weight is 358 g/mol. The number of ether oxygens (including phenoxy) is 2. The van der Waals surface area contributed by atoms with Crippen LogP contribution in [0.4, 0.5) is 5.69 Å². The van der Waals surface area contributed by atoms with Crippen molar-refractivity contribution in [1.82, 2.24) is 4.98 Å². The summed E-state index contributed by atoms with van der Waals surface area (Å²) < 4.78 is 11.4. The molecular weight excluding hydrogens is 328 g/mol. The Morgan fingerprint density at radius 3 is 2.54 bits per heavy atom. The minimum Gasteiger partial charge on any atom is -0.491 e. The molecule has 1 aromatic carbocycles. The first-order chi connectivity index (χ1) is 12.3. The number of aromatic nitrogens is 1. The van der Waals surface area contributed by atoms with Gasteiger partial charge in [-0.25, -0.2) is 0 Å². The SMILES string of the molecule is CO[C@@](C)(CC(C)C)C(=O)Nc1ccc(OCC(C)C)c2ncccc12. The van der Waals surface area contributed by atoms with Crippen molar-refractivity contribution in [2.24, 2.45) is 11.8 Å². The number of nitrogens with one attached hydrogen (secondary N) is 1. The molecule has 0 saturated heterocycles. The van der Waals surface area contributed by atoms with Crippen molar-refractivity contribution >= 4 is 22.5 Å². The maximum absolute atomic E-state index is 12.9. The molecule has 0 unspecified atom stereocenters. The Morgan fingerprint density at radius 1 is 1.19 bits per heavy atom. The van der Waals surface area contributed by atoms with Crippen LogP contribution >= 0.6 is 0 Å². The summed E-state index contributed by atoms with van der Waals surface area (Å²) in [5.41, 5.74) is 0.575. The molecule has 5 nitrogen and oxygen atoms in total. The lowest BCUT2D eigenvalue weighted by Gasteiger charge is -2.28. The molecule has 26 heavy (non-hydrogen) atoms. The summed E-state index contributed by atoms with van der Waals surface area (Å²) in [4.78, 5) is 17.3. The Hall–Kier alpha value is -2.14. The standard InChI is InChI=1S/C21H30N2O3/c1-14(2)12-21(5,25-6)20(24)23-17-9-10-18(26-13-15(3)4)19-16(17)8-7-11-22-19/h7-11,14-15H,12-13H2,1-6H3,(H,23,24)/t21-/m0/s1. The van der Waals surface area contributed by atoms with Gasteiger partial charge in [0.1, 0.15) is 16.9 Å². The van der Waals surface area contributed by atoms with Crippen LogP contribution in [0.3, 0.4) is 0 Å². The molecule has 2 aromatic rings. The van der Waals surface area contributed by atoms with Crippen LogP contribution in [0.5, 0.6) is 5.75 Å². The lowest BCUT2D eigenvalue weighted by atomic mass is 9.93. The summed E-state index contributed by atoms with van der Waals surface area (Å²) in [5, 5.41) is 3.87. The van der Waals surface area contributed by atoms with E-state index in [4.69, 9.17) is 9.47 Å². The highest BCUT2D eigenvalue weighted by atomic mass is 16.5. The number of hydrogen-bond donors (Lipinski definition) is 1. The van der Waals surface area contributed by atoms with E-state index in [-0.39, 0.29) is 5.91 Å². The van der Waals surface area contributed by atoms with Crippen LogP contribution in [0.2, 0.25) is 0 Å². The van der Waals surface area contributed by atoms with E-state index in [0.29, 0.717) is 30.6 Å². The molecule has 0 saturated carbocycles. The van der Waals surface area contributed by atoms with E-state index < -0.39 is 5.60 Å². The fourth-order valence-corrected chi connectivity index (χ4v) is 2.93. The van der Waals surface area contributed by atoms with E-state index in [9.17, 15) is 4.79 Å². The normalized spacial score (nSPS) is 13.8. The number of fused-ring (bicyclic) bond motifs is 1. The summed E-state index contributed by atoms with van der Waals surface area (Å²) >= 11 is 0. The van der Waals surface area contributed by atoms with Crippen molar-refractivity contribution in [1.29, 1.82) is 0 Å². The largest absolute Gasteiger partial charge is 0.491 e. The monoisotopic (exact) mass is 358 g/mol. The number of anilines is 1. The van der Waals surface area contributed by atoms with Crippen molar-refractivity contribution in [3.8, 4) is 5.75 Å². The first-order valence-electron chi connectivity index (χ1n) is 9.14. The van der Waals surface area contributed by atoms with E-state index in [0.717, 1.165) is 16.7 Å². The predicted molar refractivity (Wildman–Crippen MR) is 106 cm³/mol. The van der Waals surface area contributed by atoms with Gasteiger partial charge < -0.3 is 14.8 Å². The lowest BCUT2D eigenvalue weighted by Crippen LogP contribution is -2.43. The summed E-state index contributed by atoms with van der Waals surface area (Å²) in [7, 11) is 1.57. The maximum atomic E-state index is 12.9. The van der Waals surface area contributed by atoms with E-state index in [1.165, 1.54) is 0 Å². The third-order valence-corrected chi connectivity index (χ3v) is 4.28. The van der Waals surface area contributed by atoms with E-state index in [1.54, 1.807) is 13.3 Å². The van der Waals surface area contributed by atoms with E-state index in [2.05, 4.69) is 38.0 Å². The minimum atomic E-state index is -0.879. The third kappa shape index (κ3) is 4.73. The number of hydrogen-bond acceptors (Lipinski definition) is 4. The molecule has 1 amide bonds. The van der Waals surface area contributed by atoms with Gasteiger partial charge in [0.15, 0.2) is 0 Å². The van der Waals surface area contributed by atoms with Crippen LogP contribution in [-0.4, -0.2) is 30.2 Å². The molecule has 0 radical (unpaired) electrons. The van der Waals surface area contributed by atoms with Crippen LogP contribution in [0, 0.1) is 11.8 Å². The molecule has 0 bridgehead atoms. The van der Waals surface area contributed by atoms with Crippen LogP contribution in [0.1, 0.15) is 41.0 Å². The highest BCUT2D eigenvalue weighted by molar-refractivity contribution is 6.05. The molecule has 1 atom stereocenters. The first kappa shape index (κ1) is 20.2. The molecule has 1 N–H and O–H groups in total. The van der Waals surface area contributed by atoms with Crippen molar-refractivity contribution in [3.05, 3.63) is 30.5 Å². The second-order valence-corrected chi connectivity index (χ2v) is 7.70. The highest BCUT2D eigenvalue weighted by Gasteiger charge is 2.34. The predicted octanol–water partition coefficient (Wildman–Crippen LogP) is 4.66. The van der Waals surface area contributed by atoms with Gasteiger partial charge in [-0.15, -0.1) is 0 Å². The first-order valence-corrected chi connectivity index (χ1v) is 9.14. The Kier molecular flexibility index (Phi) is 6.59. The number of pyridine rings is 1. The van der Waals surface area contributed by atoms with Crippen molar-refractivity contribution in [2.75, 3.05) is 19.0 Å². The Bertz CT molecular complexity index is 758. The lowest BCUT2D eigenvalue weighted by molar-refractivity contribution is -0.137. The van der Waals surface area contributed by atoms with E-state index in [1.807, 2.05) is 31.2 Å². The molecule has 0 spiro atoms. The summed E-state index contributed by atoms with van der Waals surface area (Å²) in [6.45, 7) is 10.8. The third-order valence-electron chi connectivity index (χ3n) is 4.28. The van der Waals surface area contributed by atoms with Gasteiger partial charge in [0.2, 0.25) is 0 Å². The van der Waals surface area contributed by atoms with Crippen molar-refractivity contribution in [3.63, 3.8) is 0 Å². The van der Waals surface area contributed by atoms with Crippen LogP contribution < -0.4 is 10.1 Å². The molecule has 0 aliphatic carbocycles. The second kappa shape index (κ2) is 8.49. The van der Waals surface area contributed by atoms with Gasteiger partial charge in [-0.3, -0.25) is 9.78 Å². The van der Waals surface area contributed by atoms with Gasteiger partial charge in [-0.2, -0.15) is 0 Å². The van der Waals surface area contributed by atoms with E-state index >= 15 is 0 Å². The summed E-state index contributed by atoms with van der Waals surface area (Å²) in [6, 6.07) is 7.52. The molecule has 2 rings (SSSR count). The Balaban J connectivity index is 2.33. The van der Waals surface area contributed by atoms with Gasteiger partial charge in [-0.1, -0.05) is 27.7 Å². The number of benzene rings is 1. The van der Waals surface area contributed by atoms with Crippen LogP contribution in [-0.2, 0) is 9.53 Å². The minimum absolute atomic E-state index is 0.158. The molecule has 1 aromatic heterocycles. The zero-order valence-corrected chi connectivity index (χ0v) is 16.6. The van der Waals surface area contributed by atoms with Gasteiger partial charge in [0, 0.05) is 18.7 Å². The molecule has 0 fully saturated rings. The number of carbonyl (C=O) groups excluding carboxylic acids is 1. The molecule has 142 valence electrons. The Morgan fingerprint density at radius 2 is 1.92 bits per heavy atom. The number of carbonyl (C=O) groups is 1. The second-order valence-electron chi connectivity index (χ2n) is 7.70. The van der Waals surface area contributed by atoms with Gasteiger partial charge in [0.25, 0.3) is 5.91 Å². The fraction of sp³-hybridized carbons (Fsp3) is 0.524. The molecule has 0 aliphatic heterocycles. The zero-order valence-electron chi connectivity index (χ0n) is 16.6. The zero-order chi connectivity index (χ0) is 19.3. The molecular formula is C21H30N2O3.